The second-order valence-corrected chi connectivity index (χ2v) is 6.30. The van der Waals surface area contributed by atoms with Gasteiger partial charge < -0.3 is 15.4 Å². The van der Waals surface area contributed by atoms with Gasteiger partial charge in [0.2, 0.25) is 11.8 Å². The molecular weight excluding hydrogens is 320 g/mol. The molecule has 1 heterocycles. The Morgan fingerprint density at radius 2 is 1.84 bits per heavy atom. The third-order valence-electron chi connectivity index (χ3n) is 4.16. The average Bonchev–Trinajstić information content (AvgIpc) is 2.62. The number of amides is 2. The van der Waals surface area contributed by atoms with E-state index in [4.69, 9.17) is 4.74 Å². The number of carbonyl (C=O) groups is 2. The predicted octanol–water partition coefficient (Wildman–Crippen LogP) is -0.146. The van der Waals surface area contributed by atoms with Crippen LogP contribution >= 0.6 is 0 Å². The van der Waals surface area contributed by atoms with Crippen LogP contribution in [0.5, 0.6) is 0 Å². The van der Waals surface area contributed by atoms with Gasteiger partial charge in [0, 0.05) is 26.2 Å². The van der Waals surface area contributed by atoms with Gasteiger partial charge in [-0.05, 0) is 19.7 Å². The number of carbonyl (C=O) groups excluding carboxylic acids is 2. The number of rotatable bonds is 8. The van der Waals surface area contributed by atoms with Crippen LogP contribution in [0.25, 0.3) is 0 Å². The SMILES string of the molecule is CN(C)C(C(=O)NCC(=O)NCCN1CCOCC1)c1ccccc1. The van der Waals surface area contributed by atoms with Gasteiger partial charge in [0.25, 0.3) is 0 Å². The van der Waals surface area contributed by atoms with Gasteiger partial charge in [0.05, 0.1) is 19.8 Å². The average molecular weight is 348 g/mol. The summed E-state index contributed by atoms with van der Waals surface area (Å²) in [4.78, 5) is 28.5. The quantitative estimate of drug-likeness (QED) is 0.684. The molecule has 2 amide bonds. The van der Waals surface area contributed by atoms with E-state index in [1.807, 2.05) is 49.3 Å². The van der Waals surface area contributed by atoms with E-state index < -0.39 is 6.04 Å². The van der Waals surface area contributed by atoms with Gasteiger partial charge in [-0.1, -0.05) is 30.3 Å². The van der Waals surface area contributed by atoms with E-state index in [0.29, 0.717) is 6.54 Å². The van der Waals surface area contributed by atoms with Gasteiger partial charge in [0.1, 0.15) is 6.04 Å². The van der Waals surface area contributed by atoms with Crippen molar-refractivity contribution in [3.63, 3.8) is 0 Å². The molecule has 1 atom stereocenters. The first-order valence-corrected chi connectivity index (χ1v) is 8.64. The van der Waals surface area contributed by atoms with Crippen molar-refractivity contribution in [1.29, 1.82) is 0 Å². The smallest absolute Gasteiger partial charge is 0.242 e. The summed E-state index contributed by atoms with van der Waals surface area (Å²) in [6.45, 7) is 4.64. The van der Waals surface area contributed by atoms with Gasteiger partial charge in [0.15, 0.2) is 0 Å². The molecule has 7 heteroatoms. The van der Waals surface area contributed by atoms with E-state index in [1.165, 1.54) is 0 Å². The van der Waals surface area contributed by atoms with E-state index >= 15 is 0 Å². The van der Waals surface area contributed by atoms with Gasteiger partial charge in [-0.25, -0.2) is 0 Å². The number of likely N-dealkylation sites (N-methyl/N-ethyl adjacent to an activating group) is 1. The number of morpholine rings is 1. The van der Waals surface area contributed by atoms with Crippen LogP contribution in [-0.4, -0.2) is 81.6 Å². The summed E-state index contributed by atoms with van der Waals surface area (Å²) in [6, 6.07) is 9.12. The molecule has 1 aliphatic heterocycles. The number of hydrogen-bond acceptors (Lipinski definition) is 5. The second kappa shape index (κ2) is 10.1. The molecule has 25 heavy (non-hydrogen) atoms. The van der Waals surface area contributed by atoms with Crippen LogP contribution in [0.2, 0.25) is 0 Å². The maximum absolute atomic E-state index is 12.5. The van der Waals surface area contributed by atoms with E-state index in [1.54, 1.807) is 0 Å². The number of nitrogens with one attached hydrogen (secondary N) is 2. The second-order valence-electron chi connectivity index (χ2n) is 6.30. The maximum atomic E-state index is 12.5. The molecule has 0 aromatic heterocycles. The van der Waals surface area contributed by atoms with Crippen molar-refractivity contribution in [3.8, 4) is 0 Å². The predicted molar refractivity (Wildman–Crippen MR) is 96.1 cm³/mol. The van der Waals surface area contributed by atoms with Crippen molar-refractivity contribution in [2.24, 2.45) is 0 Å². The maximum Gasteiger partial charge on any atom is 0.242 e. The van der Waals surface area contributed by atoms with Crippen LogP contribution < -0.4 is 10.6 Å². The third kappa shape index (κ3) is 6.45. The van der Waals surface area contributed by atoms with Crippen molar-refractivity contribution < 1.29 is 14.3 Å². The molecule has 138 valence electrons. The zero-order valence-electron chi connectivity index (χ0n) is 15.0. The fourth-order valence-electron chi connectivity index (χ4n) is 2.82. The summed E-state index contributed by atoms with van der Waals surface area (Å²) >= 11 is 0. The molecule has 1 aromatic rings. The topological polar surface area (TPSA) is 73.9 Å². The van der Waals surface area contributed by atoms with Crippen molar-refractivity contribution in [1.82, 2.24) is 20.4 Å². The lowest BCUT2D eigenvalue weighted by atomic mass is 10.1. The van der Waals surface area contributed by atoms with E-state index in [0.717, 1.165) is 38.4 Å². The summed E-state index contributed by atoms with van der Waals surface area (Å²) in [5.41, 5.74) is 0.901. The molecule has 0 aliphatic carbocycles. The standard InChI is InChI=1S/C18H28N4O3/c1-21(2)17(15-6-4-3-5-7-15)18(24)20-14-16(23)19-8-9-22-10-12-25-13-11-22/h3-7,17H,8-14H2,1-2H3,(H,19,23)(H,20,24). The molecule has 2 N–H and O–H groups in total. The van der Waals surface area contributed by atoms with Crippen molar-refractivity contribution in [2.75, 3.05) is 60.0 Å². The van der Waals surface area contributed by atoms with Gasteiger partial charge in [-0.15, -0.1) is 0 Å². The van der Waals surface area contributed by atoms with Crippen LogP contribution in [0.4, 0.5) is 0 Å². The Kier molecular flexibility index (Phi) is 7.84. The molecular formula is C18H28N4O3. The molecule has 1 aliphatic rings. The van der Waals surface area contributed by atoms with Crippen LogP contribution in [0.15, 0.2) is 30.3 Å². The molecule has 1 aromatic carbocycles. The minimum absolute atomic E-state index is 0.0148. The minimum atomic E-state index is -0.414. The Morgan fingerprint density at radius 3 is 2.48 bits per heavy atom. The molecule has 0 bridgehead atoms. The van der Waals surface area contributed by atoms with Gasteiger partial charge in [-0.3, -0.25) is 19.4 Å². The highest BCUT2D eigenvalue weighted by Gasteiger charge is 2.22. The highest BCUT2D eigenvalue weighted by molar-refractivity contribution is 5.88. The number of benzene rings is 1. The van der Waals surface area contributed by atoms with Crippen LogP contribution in [0.3, 0.4) is 0 Å². The van der Waals surface area contributed by atoms with E-state index in [9.17, 15) is 9.59 Å². The molecule has 7 nitrogen and oxygen atoms in total. The lowest BCUT2D eigenvalue weighted by molar-refractivity contribution is -0.129. The zero-order valence-corrected chi connectivity index (χ0v) is 15.0. The molecule has 0 radical (unpaired) electrons. The molecule has 2 rings (SSSR count). The molecule has 0 spiro atoms. The minimum Gasteiger partial charge on any atom is -0.379 e. The largest absolute Gasteiger partial charge is 0.379 e. The Labute approximate surface area is 149 Å². The van der Waals surface area contributed by atoms with Crippen molar-refractivity contribution >= 4 is 11.8 Å². The monoisotopic (exact) mass is 348 g/mol. The first-order chi connectivity index (χ1) is 12.1. The highest BCUT2D eigenvalue weighted by atomic mass is 16.5. The molecule has 0 saturated carbocycles. The summed E-state index contributed by atoms with van der Waals surface area (Å²) in [7, 11) is 3.69. The Bertz CT molecular complexity index is 545. The first-order valence-electron chi connectivity index (χ1n) is 8.64. The summed E-state index contributed by atoms with van der Waals surface area (Å²) in [6.07, 6.45) is 0. The fraction of sp³-hybridized carbons (Fsp3) is 0.556. The van der Waals surface area contributed by atoms with Crippen LogP contribution in [-0.2, 0) is 14.3 Å². The number of hydrogen-bond donors (Lipinski definition) is 2. The lowest BCUT2D eigenvalue weighted by Gasteiger charge is -2.26. The number of ether oxygens (including phenoxy) is 1. The normalized spacial score (nSPS) is 16.4. The Morgan fingerprint density at radius 1 is 1.16 bits per heavy atom. The lowest BCUT2D eigenvalue weighted by Crippen LogP contribution is -2.45. The van der Waals surface area contributed by atoms with Crippen molar-refractivity contribution in [3.05, 3.63) is 35.9 Å². The Hall–Kier alpha value is -1.96. The molecule has 1 fully saturated rings. The van der Waals surface area contributed by atoms with E-state index in [-0.39, 0.29) is 18.4 Å². The summed E-state index contributed by atoms with van der Waals surface area (Å²) in [5, 5.41) is 5.57. The number of nitrogens with zero attached hydrogens (tertiary/aromatic N) is 2. The van der Waals surface area contributed by atoms with Crippen LogP contribution in [0, 0.1) is 0 Å². The van der Waals surface area contributed by atoms with Crippen LogP contribution in [0.1, 0.15) is 11.6 Å². The summed E-state index contributed by atoms with van der Waals surface area (Å²) in [5.74, 6) is -0.355. The van der Waals surface area contributed by atoms with E-state index in [2.05, 4.69) is 15.5 Å². The molecule has 1 saturated heterocycles. The molecule has 1 unspecified atom stereocenters. The van der Waals surface area contributed by atoms with Gasteiger partial charge >= 0.3 is 0 Å². The third-order valence-corrected chi connectivity index (χ3v) is 4.16. The van der Waals surface area contributed by atoms with Crippen molar-refractivity contribution in [2.45, 2.75) is 6.04 Å². The Balaban J connectivity index is 1.73. The van der Waals surface area contributed by atoms with Gasteiger partial charge in [-0.2, -0.15) is 0 Å². The summed E-state index contributed by atoms with van der Waals surface area (Å²) < 4.78 is 5.29. The fourth-order valence-corrected chi connectivity index (χ4v) is 2.82. The first kappa shape index (κ1) is 19.4. The zero-order chi connectivity index (χ0) is 18.1. The highest BCUT2D eigenvalue weighted by Crippen LogP contribution is 2.17.